The number of nitrogens with one attached hydrogen (secondary N) is 1. The van der Waals surface area contributed by atoms with Crippen molar-refractivity contribution < 1.29 is 9.53 Å². The topological polar surface area (TPSA) is 90.1 Å². The van der Waals surface area contributed by atoms with E-state index in [2.05, 4.69) is 27.4 Å². The van der Waals surface area contributed by atoms with Crippen LogP contribution in [0.1, 0.15) is 31.7 Å². The third kappa shape index (κ3) is 5.58. The maximum absolute atomic E-state index is 11.1. The Hall–Kier alpha value is -2.63. The van der Waals surface area contributed by atoms with Crippen LogP contribution in [-0.4, -0.2) is 28.2 Å². The van der Waals surface area contributed by atoms with E-state index in [-0.39, 0.29) is 5.92 Å². The molecule has 0 saturated carbocycles. The quantitative estimate of drug-likeness (QED) is 0.820. The van der Waals surface area contributed by atoms with E-state index in [0.717, 1.165) is 5.56 Å². The van der Waals surface area contributed by atoms with Crippen molar-refractivity contribution in [3.63, 3.8) is 0 Å². The minimum Gasteiger partial charge on any atom is -0.444 e. The number of amides is 1. The summed E-state index contributed by atoms with van der Waals surface area (Å²) in [5, 5.41) is 3.23. The molecule has 1 aromatic carbocycles. The summed E-state index contributed by atoms with van der Waals surface area (Å²) in [4.78, 5) is 19.4. The van der Waals surface area contributed by atoms with E-state index in [1.807, 2.05) is 32.0 Å². The van der Waals surface area contributed by atoms with Gasteiger partial charge in [0.25, 0.3) is 0 Å². The lowest BCUT2D eigenvalue weighted by atomic mass is 9.87. The molecule has 0 aliphatic heterocycles. The number of hydrogen-bond acceptors (Lipinski definition) is 5. The molecular weight excluding hydrogens is 292 g/mol. The monoisotopic (exact) mass is 314 g/mol. The molecule has 0 spiro atoms. The highest BCUT2D eigenvalue weighted by Crippen LogP contribution is 2.28. The first kappa shape index (κ1) is 16.7. The number of ether oxygens (including phenoxy) is 1. The molecule has 6 heteroatoms. The molecule has 23 heavy (non-hydrogen) atoms. The number of rotatable bonds is 7. The lowest BCUT2D eigenvalue weighted by molar-refractivity contribution is 0.0345. The van der Waals surface area contributed by atoms with Crippen molar-refractivity contribution in [3.05, 3.63) is 54.4 Å². The largest absolute Gasteiger partial charge is 0.444 e. The maximum Gasteiger partial charge on any atom is 0.405 e. The van der Waals surface area contributed by atoms with Gasteiger partial charge >= 0.3 is 6.09 Å². The van der Waals surface area contributed by atoms with E-state index >= 15 is 0 Å². The number of carbonyl (C=O) groups excluding carboxylic acids is 1. The Bertz CT molecular complexity index is 617. The van der Waals surface area contributed by atoms with Crippen molar-refractivity contribution in [2.24, 2.45) is 5.73 Å². The fraction of sp³-hybridized carbons (Fsp3) is 0.353. The van der Waals surface area contributed by atoms with E-state index in [1.165, 1.54) is 0 Å². The number of carbonyl (C=O) groups is 1. The average molecular weight is 314 g/mol. The number of nitrogens with two attached hydrogens (primary N) is 1. The number of primary amides is 1. The Balaban J connectivity index is 2.10. The van der Waals surface area contributed by atoms with E-state index in [9.17, 15) is 4.79 Å². The Morgan fingerprint density at radius 2 is 1.87 bits per heavy atom. The molecule has 0 aliphatic carbocycles. The Morgan fingerprint density at radius 3 is 2.48 bits per heavy atom. The van der Waals surface area contributed by atoms with Crippen molar-refractivity contribution in [3.8, 4) is 0 Å². The van der Waals surface area contributed by atoms with Gasteiger partial charge in [-0.15, -0.1) is 0 Å². The van der Waals surface area contributed by atoms with Gasteiger partial charge in [0.05, 0.1) is 0 Å². The van der Waals surface area contributed by atoms with Crippen LogP contribution in [-0.2, 0) is 4.74 Å². The van der Waals surface area contributed by atoms with Gasteiger partial charge in [0.15, 0.2) is 0 Å². The average Bonchev–Trinajstić information content (AvgIpc) is 2.52. The molecule has 0 unspecified atom stereocenters. The van der Waals surface area contributed by atoms with Gasteiger partial charge in [-0.25, -0.2) is 14.8 Å². The fourth-order valence-electron chi connectivity index (χ4n) is 2.55. The number of benzene rings is 1. The van der Waals surface area contributed by atoms with E-state index < -0.39 is 11.7 Å². The van der Waals surface area contributed by atoms with Gasteiger partial charge in [-0.3, -0.25) is 0 Å². The molecule has 2 rings (SSSR count). The first-order chi connectivity index (χ1) is 11.0. The van der Waals surface area contributed by atoms with E-state index in [0.29, 0.717) is 18.9 Å². The van der Waals surface area contributed by atoms with Gasteiger partial charge in [-0.1, -0.05) is 30.3 Å². The van der Waals surface area contributed by atoms with Crippen LogP contribution in [0, 0.1) is 0 Å². The SMILES string of the molecule is CC(C)(C[C@@H](CNc1ncccn1)c1ccccc1)OC(N)=O. The summed E-state index contributed by atoms with van der Waals surface area (Å²) < 4.78 is 5.22. The van der Waals surface area contributed by atoms with Gasteiger partial charge in [0.2, 0.25) is 5.95 Å². The molecular formula is C17H22N4O2. The lowest BCUT2D eigenvalue weighted by Gasteiger charge is -2.29. The van der Waals surface area contributed by atoms with Crippen LogP contribution in [0.5, 0.6) is 0 Å². The van der Waals surface area contributed by atoms with Crippen molar-refractivity contribution in [1.82, 2.24) is 9.97 Å². The third-order valence-corrected chi connectivity index (χ3v) is 3.46. The van der Waals surface area contributed by atoms with Gasteiger partial charge in [-0.2, -0.15) is 0 Å². The number of nitrogens with zero attached hydrogens (tertiary/aromatic N) is 2. The third-order valence-electron chi connectivity index (χ3n) is 3.46. The summed E-state index contributed by atoms with van der Waals surface area (Å²) in [6, 6.07) is 11.8. The fourth-order valence-corrected chi connectivity index (χ4v) is 2.55. The Labute approximate surface area is 136 Å². The molecule has 1 heterocycles. The second kappa shape index (κ2) is 7.58. The molecule has 6 nitrogen and oxygen atoms in total. The van der Waals surface area contributed by atoms with Gasteiger partial charge in [0.1, 0.15) is 5.60 Å². The summed E-state index contributed by atoms with van der Waals surface area (Å²) in [6.45, 7) is 4.33. The molecule has 2 aromatic rings. The van der Waals surface area contributed by atoms with Crippen LogP contribution in [0.15, 0.2) is 48.8 Å². The number of aromatic nitrogens is 2. The molecule has 1 aromatic heterocycles. The van der Waals surface area contributed by atoms with Gasteiger partial charge < -0.3 is 15.8 Å². The highest BCUT2D eigenvalue weighted by Gasteiger charge is 2.27. The zero-order valence-electron chi connectivity index (χ0n) is 13.4. The smallest absolute Gasteiger partial charge is 0.405 e. The normalized spacial score (nSPS) is 12.4. The summed E-state index contributed by atoms with van der Waals surface area (Å²) in [6.07, 6.45) is 3.24. The van der Waals surface area contributed by atoms with Crippen LogP contribution in [0.3, 0.4) is 0 Å². The molecule has 0 aliphatic rings. The second-order valence-electron chi connectivity index (χ2n) is 5.95. The number of hydrogen-bond donors (Lipinski definition) is 2. The molecule has 0 fully saturated rings. The summed E-state index contributed by atoms with van der Waals surface area (Å²) in [7, 11) is 0. The number of anilines is 1. The Kier molecular flexibility index (Phi) is 5.51. The van der Waals surface area contributed by atoms with Crippen molar-refractivity contribution in [2.45, 2.75) is 31.8 Å². The molecule has 1 atom stereocenters. The van der Waals surface area contributed by atoms with E-state index in [4.69, 9.17) is 10.5 Å². The molecule has 0 radical (unpaired) electrons. The maximum atomic E-state index is 11.1. The van der Waals surface area contributed by atoms with Crippen LogP contribution < -0.4 is 11.1 Å². The summed E-state index contributed by atoms with van der Waals surface area (Å²) in [5.74, 6) is 0.691. The predicted octanol–water partition coefficient (Wildman–Crippen LogP) is 2.94. The van der Waals surface area contributed by atoms with Crippen molar-refractivity contribution >= 4 is 12.0 Å². The second-order valence-corrected chi connectivity index (χ2v) is 5.95. The van der Waals surface area contributed by atoms with Crippen LogP contribution in [0.4, 0.5) is 10.7 Å². The highest BCUT2D eigenvalue weighted by atomic mass is 16.6. The highest BCUT2D eigenvalue weighted by molar-refractivity contribution is 5.65. The van der Waals surface area contributed by atoms with Gasteiger partial charge in [-0.05, 0) is 31.9 Å². The molecule has 0 saturated heterocycles. The first-order valence-electron chi connectivity index (χ1n) is 7.50. The van der Waals surface area contributed by atoms with Crippen LogP contribution in [0.25, 0.3) is 0 Å². The van der Waals surface area contributed by atoms with Crippen molar-refractivity contribution in [2.75, 3.05) is 11.9 Å². The van der Waals surface area contributed by atoms with Gasteiger partial charge in [0, 0.05) is 24.9 Å². The minimum atomic E-state index is -0.763. The summed E-state index contributed by atoms with van der Waals surface area (Å²) >= 11 is 0. The molecule has 1 amide bonds. The lowest BCUT2D eigenvalue weighted by Crippen LogP contribution is -2.34. The van der Waals surface area contributed by atoms with Crippen LogP contribution >= 0.6 is 0 Å². The predicted molar refractivity (Wildman–Crippen MR) is 89.1 cm³/mol. The molecule has 3 N–H and O–H groups in total. The van der Waals surface area contributed by atoms with Crippen molar-refractivity contribution in [1.29, 1.82) is 0 Å². The zero-order valence-corrected chi connectivity index (χ0v) is 13.4. The van der Waals surface area contributed by atoms with Crippen LogP contribution in [0.2, 0.25) is 0 Å². The Morgan fingerprint density at radius 1 is 1.22 bits per heavy atom. The molecule has 122 valence electrons. The minimum absolute atomic E-state index is 0.120. The first-order valence-corrected chi connectivity index (χ1v) is 7.50. The van der Waals surface area contributed by atoms with E-state index in [1.54, 1.807) is 18.5 Å². The standard InChI is InChI=1S/C17H22N4O2/c1-17(2,23-15(18)22)11-14(13-7-4-3-5-8-13)12-21-16-19-9-6-10-20-16/h3-10,14H,11-12H2,1-2H3,(H2,18,22)(H,19,20,21)/t14-/m0/s1. The molecule has 0 bridgehead atoms. The zero-order chi connectivity index (χ0) is 16.7. The summed E-state index contributed by atoms with van der Waals surface area (Å²) in [5.41, 5.74) is 5.65.